The van der Waals surface area contributed by atoms with Crippen LogP contribution in [0.3, 0.4) is 0 Å². The van der Waals surface area contributed by atoms with Gasteiger partial charge in [-0.1, -0.05) is 31.5 Å². The van der Waals surface area contributed by atoms with E-state index < -0.39 is 11.3 Å². The van der Waals surface area contributed by atoms with Gasteiger partial charge in [-0.15, -0.1) is 0 Å². The number of carbonyl (C=O) groups excluding carboxylic acids is 2. The first kappa shape index (κ1) is 18.5. The number of carbonyl (C=O) groups is 2. The van der Waals surface area contributed by atoms with Crippen molar-refractivity contribution in [1.29, 1.82) is 0 Å². The highest BCUT2D eigenvalue weighted by molar-refractivity contribution is 5.93. The molecule has 4 aliphatic carbocycles. The third-order valence-corrected chi connectivity index (χ3v) is 6.53. The topological polar surface area (TPSA) is 55.8 Å². The van der Waals surface area contributed by atoms with Crippen molar-refractivity contribution in [2.24, 2.45) is 23.2 Å². The van der Waals surface area contributed by atoms with Crippen molar-refractivity contribution in [2.45, 2.75) is 58.3 Å². The van der Waals surface area contributed by atoms with Crippen LogP contribution in [0.4, 0.5) is 0 Å². The second kappa shape index (κ2) is 7.63. The number of amides is 1. The molecule has 0 atom stereocenters. The number of nitrogens with zero attached hydrogens (tertiary/aromatic N) is 1. The normalized spacial score (nSPS) is 30.9. The summed E-state index contributed by atoms with van der Waals surface area (Å²) in [4.78, 5) is 37.2. The molecule has 1 amide bonds. The van der Waals surface area contributed by atoms with Crippen LogP contribution in [0, 0.1) is 23.2 Å². The van der Waals surface area contributed by atoms with Crippen molar-refractivity contribution >= 4 is 11.9 Å². The molecule has 4 bridgehead atoms. The quantitative estimate of drug-likeness (QED) is 0.544. The second-order valence-corrected chi connectivity index (χ2v) is 8.69. The number of hydroxylamine groups is 2. The number of rotatable bonds is 6. The van der Waals surface area contributed by atoms with Crippen molar-refractivity contribution in [1.82, 2.24) is 5.23 Å². The van der Waals surface area contributed by atoms with Gasteiger partial charge in [0.1, 0.15) is 0 Å². The summed E-state index contributed by atoms with van der Waals surface area (Å²) in [6, 6.07) is 8.84. The Morgan fingerprint density at radius 3 is 2.19 bits per heavy atom. The molecule has 5 nitrogen and oxygen atoms in total. The number of benzene rings is 1. The molecule has 1 aromatic rings. The molecule has 0 saturated heterocycles. The molecule has 0 heterocycles. The zero-order chi connectivity index (χ0) is 18.9. The Bertz CT molecular complexity index is 652. The van der Waals surface area contributed by atoms with Gasteiger partial charge in [0.2, 0.25) is 0 Å². The summed E-state index contributed by atoms with van der Waals surface area (Å²) < 4.78 is 0. The SMILES string of the molecule is CCCCON(OC(=O)C12CC3CC(CC(C3)C1)C2)C(=O)c1ccccc1. The smallest absolute Gasteiger partial charge is 0.311 e. The molecule has 0 radical (unpaired) electrons. The number of hydrogen-bond donors (Lipinski definition) is 0. The fraction of sp³-hybridized carbons (Fsp3) is 0.636. The van der Waals surface area contributed by atoms with Gasteiger partial charge in [0, 0.05) is 5.56 Å². The fourth-order valence-electron chi connectivity index (χ4n) is 5.64. The van der Waals surface area contributed by atoms with Gasteiger partial charge in [0.15, 0.2) is 0 Å². The van der Waals surface area contributed by atoms with Crippen LogP contribution in [-0.4, -0.2) is 23.7 Å². The first-order valence-electron chi connectivity index (χ1n) is 10.3. The number of unbranched alkanes of at least 4 members (excludes halogenated alkanes) is 1. The van der Waals surface area contributed by atoms with E-state index in [0.29, 0.717) is 29.9 Å². The third kappa shape index (κ3) is 3.75. The Morgan fingerprint density at radius 1 is 1.04 bits per heavy atom. The Labute approximate surface area is 160 Å². The van der Waals surface area contributed by atoms with Crippen molar-refractivity contribution in [3.8, 4) is 0 Å². The zero-order valence-electron chi connectivity index (χ0n) is 16.1. The lowest BCUT2D eigenvalue weighted by Gasteiger charge is -2.55. The van der Waals surface area contributed by atoms with Crippen molar-refractivity contribution in [2.75, 3.05) is 6.61 Å². The summed E-state index contributed by atoms with van der Waals surface area (Å²) >= 11 is 0. The summed E-state index contributed by atoms with van der Waals surface area (Å²) in [5.41, 5.74) is 0.0326. The average Bonchev–Trinajstić information content (AvgIpc) is 2.66. The molecule has 27 heavy (non-hydrogen) atoms. The Hall–Kier alpha value is -1.88. The van der Waals surface area contributed by atoms with E-state index in [-0.39, 0.29) is 5.97 Å². The molecular formula is C22H29NO4. The largest absolute Gasteiger partial charge is 0.341 e. The maximum Gasteiger partial charge on any atom is 0.341 e. The summed E-state index contributed by atoms with van der Waals surface area (Å²) in [5.74, 6) is 1.22. The Balaban J connectivity index is 1.49. The van der Waals surface area contributed by atoms with Crippen molar-refractivity contribution in [3.63, 3.8) is 0 Å². The third-order valence-electron chi connectivity index (χ3n) is 6.53. The van der Waals surface area contributed by atoms with Crippen molar-refractivity contribution < 1.29 is 19.3 Å². The van der Waals surface area contributed by atoms with E-state index in [1.165, 1.54) is 19.3 Å². The van der Waals surface area contributed by atoms with Gasteiger partial charge in [-0.2, -0.15) is 0 Å². The van der Waals surface area contributed by atoms with Crippen LogP contribution < -0.4 is 0 Å². The first-order chi connectivity index (χ1) is 13.1. The van der Waals surface area contributed by atoms with Gasteiger partial charge in [-0.25, -0.2) is 9.63 Å². The standard InChI is InChI=1S/C22H29NO4/c1-2-3-9-26-23(20(24)19-7-5-4-6-8-19)27-21(25)22-13-16-10-17(14-22)12-18(11-16)15-22/h4-8,16-18H,2-3,9-15H2,1H3. The van der Waals surface area contributed by atoms with E-state index >= 15 is 0 Å². The summed E-state index contributed by atoms with van der Waals surface area (Å²) in [7, 11) is 0. The van der Waals surface area contributed by atoms with Crippen LogP contribution in [0.1, 0.15) is 68.6 Å². The van der Waals surface area contributed by atoms with Crippen LogP contribution in [0.25, 0.3) is 0 Å². The molecule has 4 fully saturated rings. The summed E-state index contributed by atoms with van der Waals surface area (Å²) in [5, 5.41) is 0.839. The molecule has 1 aromatic carbocycles. The molecule has 4 saturated carbocycles. The molecule has 146 valence electrons. The highest BCUT2D eigenvalue weighted by Gasteiger charge is 2.56. The Kier molecular flexibility index (Phi) is 5.22. The van der Waals surface area contributed by atoms with Gasteiger partial charge in [0.25, 0.3) is 0 Å². The van der Waals surface area contributed by atoms with E-state index in [4.69, 9.17) is 9.68 Å². The van der Waals surface area contributed by atoms with Gasteiger partial charge in [-0.05, 0) is 80.1 Å². The highest BCUT2D eigenvalue weighted by Crippen LogP contribution is 2.60. The minimum atomic E-state index is -0.426. The maximum absolute atomic E-state index is 13.2. The molecule has 0 N–H and O–H groups in total. The zero-order valence-corrected chi connectivity index (χ0v) is 16.1. The molecule has 0 aliphatic heterocycles. The molecule has 5 rings (SSSR count). The van der Waals surface area contributed by atoms with Gasteiger partial charge in [0.05, 0.1) is 12.0 Å². The molecule has 5 heteroatoms. The maximum atomic E-state index is 13.2. The van der Waals surface area contributed by atoms with E-state index in [9.17, 15) is 9.59 Å². The van der Waals surface area contributed by atoms with Crippen LogP contribution in [0.5, 0.6) is 0 Å². The molecule has 0 unspecified atom stereocenters. The highest BCUT2D eigenvalue weighted by atomic mass is 17.0. The monoisotopic (exact) mass is 371 g/mol. The lowest BCUT2D eigenvalue weighted by Crippen LogP contribution is -2.52. The lowest BCUT2D eigenvalue weighted by molar-refractivity contribution is -0.316. The first-order valence-corrected chi connectivity index (χ1v) is 10.3. The van der Waals surface area contributed by atoms with Crippen LogP contribution in [0.2, 0.25) is 0 Å². The van der Waals surface area contributed by atoms with E-state index in [0.717, 1.165) is 37.3 Å². The van der Waals surface area contributed by atoms with E-state index in [1.54, 1.807) is 24.3 Å². The molecule has 0 spiro atoms. The van der Waals surface area contributed by atoms with E-state index in [2.05, 4.69) is 0 Å². The minimum Gasteiger partial charge on any atom is -0.311 e. The number of hydrogen-bond acceptors (Lipinski definition) is 4. The van der Waals surface area contributed by atoms with Crippen LogP contribution in [-0.2, 0) is 14.5 Å². The van der Waals surface area contributed by atoms with Gasteiger partial charge < -0.3 is 4.84 Å². The predicted octanol–water partition coefficient (Wildman–Crippen LogP) is 4.54. The minimum absolute atomic E-state index is 0.276. The molecule has 4 aliphatic rings. The van der Waals surface area contributed by atoms with Gasteiger partial charge in [-0.3, -0.25) is 4.79 Å². The fourth-order valence-corrected chi connectivity index (χ4v) is 5.64. The predicted molar refractivity (Wildman–Crippen MR) is 100 cm³/mol. The van der Waals surface area contributed by atoms with E-state index in [1.807, 2.05) is 13.0 Å². The summed E-state index contributed by atoms with van der Waals surface area (Å²) in [6.07, 6.45) is 8.22. The average molecular weight is 371 g/mol. The molecular weight excluding hydrogens is 342 g/mol. The second-order valence-electron chi connectivity index (χ2n) is 8.69. The van der Waals surface area contributed by atoms with Crippen LogP contribution >= 0.6 is 0 Å². The lowest BCUT2D eigenvalue weighted by atomic mass is 9.49. The Morgan fingerprint density at radius 2 is 1.63 bits per heavy atom. The summed E-state index contributed by atoms with van der Waals surface area (Å²) in [6.45, 7) is 2.40. The molecule has 0 aromatic heterocycles. The van der Waals surface area contributed by atoms with Crippen molar-refractivity contribution in [3.05, 3.63) is 35.9 Å². The van der Waals surface area contributed by atoms with Gasteiger partial charge >= 0.3 is 11.9 Å². The van der Waals surface area contributed by atoms with Crippen LogP contribution in [0.15, 0.2) is 30.3 Å².